The largest absolute Gasteiger partial charge is 0.480 e. The number of β-amino-alcohol motifs (C(OH)–C–C–N with tert-alkyl or cyclic N) is 1. The van der Waals surface area contributed by atoms with Crippen molar-refractivity contribution < 1.29 is 19.8 Å². The minimum atomic E-state index is -1.09. The van der Waals surface area contributed by atoms with Gasteiger partial charge >= 0.3 is 5.97 Å². The SMILES string of the molecule is O=C(O)[C@@H]1C[C@H](O)CN1C(=O)c1cccc2[nH]ccc12. The van der Waals surface area contributed by atoms with Crippen molar-refractivity contribution in [2.24, 2.45) is 0 Å². The summed E-state index contributed by atoms with van der Waals surface area (Å²) >= 11 is 0. The van der Waals surface area contributed by atoms with E-state index in [2.05, 4.69) is 4.98 Å². The van der Waals surface area contributed by atoms with Gasteiger partial charge in [0.05, 0.1) is 6.10 Å². The van der Waals surface area contributed by atoms with E-state index in [0.29, 0.717) is 5.56 Å². The van der Waals surface area contributed by atoms with Gasteiger partial charge in [-0.2, -0.15) is 0 Å². The van der Waals surface area contributed by atoms with Crippen molar-refractivity contribution in [2.75, 3.05) is 6.54 Å². The van der Waals surface area contributed by atoms with E-state index in [-0.39, 0.29) is 18.9 Å². The van der Waals surface area contributed by atoms with Crippen LogP contribution in [0.1, 0.15) is 16.8 Å². The number of carbonyl (C=O) groups is 2. The minimum absolute atomic E-state index is 0.0522. The molecule has 1 amide bonds. The average molecular weight is 274 g/mol. The third-order valence-electron chi connectivity index (χ3n) is 3.65. The number of aromatic nitrogens is 1. The van der Waals surface area contributed by atoms with Gasteiger partial charge in [-0.25, -0.2) is 4.79 Å². The van der Waals surface area contributed by atoms with E-state index < -0.39 is 18.1 Å². The minimum Gasteiger partial charge on any atom is -0.480 e. The first-order valence-electron chi connectivity index (χ1n) is 6.36. The van der Waals surface area contributed by atoms with Gasteiger partial charge in [-0.1, -0.05) is 6.07 Å². The molecule has 3 N–H and O–H groups in total. The molecule has 2 atom stereocenters. The number of carboxylic acids is 1. The Morgan fingerprint density at radius 1 is 1.30 bits per heavy atom. The highest BCUT2D eigenvalue weighted by Crippen LogP contribution is 2.24. The third-order valence-corrected chi connectivity index (χ3v) is 3.65. The number of carboxylic acid groups (broad SMARTS) is 1. The summed E-state index contributed by atoms with van der Waals surface area (Å²) in [5.41, 5.74) is 1.27. The summed E-state index contributed by atoms with van der Waals surface area (Å²) in [6.45, 7) is 0.0522. The van der Waals surface area contributed by atoms with Gasteiger partial charge in [-0.15, -0.1) is 0 Å². The lowest BCUT2D eigenvalue weighted by atomic mass is 10.1. The van der Waals surface area contributed by atoms with E-state index in [1.807, 2.05) is 6.07 Å². The van der Waals surface area contributed by atoms with Gasteiger partial charge < -0.3 is 20.1 Å². The van der Waals surface area contributed by atoms with Gasteiger partial charge in [0.1, 0.15) is 6.04 Å². The molecule has 1 aromatic heterocycles. The second-order valence-electron chi connectivity index (χ2n) is 4.95. The van der Waals surface area contributed by atoms with Gasteiger partial charge in [0.2, 0.25) is 0 Å². The highest BCUT2D eigenvalue weighted by Gasteiger charge is 2.39. The summed E-state index contributed by atoms with van der Waals surface area (Å²) in [6, 6.07) is 6.08. The third kappa shape index (κ3) is 1.94. The van der Waals surface area contributed by atoms with Crippen molar-refractivity contribution in [3.05, 3.63) is 36.0 Å². The van der Waals surface area contributed by atoms with Crippen molar-refractivity contribution in [1.82, 2.24) is 9.88 Å². The predicted octanol–water partition coefficient (Wildman–Crippen LogP) is 0.828. The molecule has 0 bridgehead atoms. The molecule has 104 valence electrons. The summed E-state index contributed by atoms with van der Waals surface area (Å²) in [5.74, 6) is -1.45. The number of nitrogens with one attached hydrogen (secondary N) is 1. The quantitative estimate of drug-likeness (QED) is 0.756. The molecule has 1 aliphatic rings. The van der Waals surface area contributed by atoms with Crippen molar-refractivity contribution in [1.29, 1.82) is 0 Å². The summed E-state index contributed by atoms with van der Waals surface area (Å²) in [6.07, 6.45) is 1.02. The fraction of sp³-hybridized carbons (Fsp3) is 0.286. The number of aliphatic hydroxyl groups is 1. The van der Waals surface area contributed by atoms with Crippen molar-refractivity contribution >= 4 is 22.8 Å². The van der Waals surface area contributed by atoms with Crippen molar-refractivity contribution in [3.8, 4) is 0 Å². The van der Waals surface area contributed by atoms with Crippen LogP contribution < -0.4 is 0 Å². The summed E-state index contributed by atoms with van der Waals surface area (Å²) in [5, 5.41) is 19.5. The Morgan fingerprint density at radius 3 is 2.85 bits per heavy atom. The molecule has 2 aromatic rings. The van der Waals surface area contributed by atoms with Gasteiger partial charge in [-0.3, -0.25) is 4.79 Å². The number of aromatic amines is 1. The lowest BCUT2D eigenvalue weighted by Gasteiger charge is -2.21. The molecule has 0 unspecified atom stereocenters. The lowest BCUT2D eigenvalue weighted by Crippen LogP contribution is -2.40. The fourth-order valence-corrected chi connectivity index (χ4v) is 2.70. The van der Waals surface area contributed by atoms with Gasteiger partial charge in [0.15, 0.2) is 0 Å². The highest BCUT2D eigenvalue weighted by molar-refractivity contribution is 6.07. The number of benzene rings is 1. The normalized spacial score (nSPS) is 22.4. The first kappa shape index (κ1) is 12.7. The molecule has 0 spiro atoms. The predicted molar refractivity (Wildman–Crippen MR) is 71.4 cm³/mol. The van der Waals surface area contributed by atoms with Gasteiger partial charge in [0.25, 0.3) is 5.91 Å². The van der Waals surface area contributed by atoms with Crippen LogP contribution in [0.2, 0.25) is 0 Å². The number of rotatable bonds is 2. The Balaban J connectivity index is 2.00. The number of aliphatic carboxylic acids is 1. The Labute approximate surface area is 114 Å². The Bertz CT molecular complexity index is 679. The van der Waals surface area contributed by atoms with E-state index in [0.717, 1.165) is 10.9 Å². The first-order chi connectivity index (χ1) is 9.58. The molecule has 6 nitrogen and oxygen atoms in total. The second kappa shape index (κ2) is 4.64. The summed E-state index contributed by atoms with van der Waals surface area (Å²) in [7, 11) is 0. The monoisotopic (exact) mass is 274 g/mol. The highest BCUT2D eigenvalue weighted by atomic mass is 16.4. The first-order valence-corrected chi connectivity index (χ1v) is 6.36. The zero-order valence-electron chi connectivity index (χ0n) is 10.6. The smallest absolute Gasteiger partial charge is 0.326 e. The number of amides is 1. The maximum absolute atomic E-state index is 12.6. The van der Waals surface area contributed by atoms with Crippen LogP contribution in [0.4, 0.5) is 0 Å². The summed E-state index contributed by atoms with van der Waals surface area (Å²) in [4.78, 5) is 28.0. The van der Waals surface area contributed by atoms with Gasteiger partial charge in [-0.05, 0) is 18.2 Å². The molecule has 1 aliphatic heterocycles. The van der Waals surface area contributed by atoms with Crippen molar-refractivity contribution in [3.63, 3.8) is 0 Å². The number of carbonyl (C=O) groups excluding carboxylic acids is 1. The van der Waals surface area contributed by atoms with Crippen LogP contribution in [-0.4, -0.2) is 50.7 Å². The van der Waals surface area contributed by atoms with Crippen LogP contribution in [-0.2, 0) is 4.79 Å². The number of H-pyrrole nitrogens is 1. The molecule has 0 saturated carbocycles. The molecule has 1 aromatic carbocycles. The molecule has 3 rings (SSSR count). The van der Waals surface area contributed by atoms with Crippen LogP contribution in [0, 0.1) is 0 Å². The number of hydrogen-bond donors (Lipinski definition) is 3. The standard InChI is InChI=1S/C14H14N2O4/c17-8-6-12(14(19)20)16(7-8)13(18)10-2-1-3-11-9(10)4-5-15-11/h1-5,8,12,15,17H,6-7H2,(H,19,20)/t8-,12-/m0/s1. The zero-order valence-corrected chi connectivity index (χ0v) is 10.6. The van der Waals surface area contributed by atoms with Crippen LogP contribution in [0.3, 0.4) is 0 Å². The maximum Gasteiger partial charge on any atom is 0.326 e. The number of nitrogens with zero attached hydrogens (tertiary/aromatic N) is 1. The molecule has 20 heavy (non-hydrogen) atoms. The van der Waals surface area contributed by atoms with Gasteiger partial charge in [0, 0.05) is 35.6 Å². The number of fused-ring (bicyclic) bond motifs is 1. The van der Waals surface area contributed by atoms with E-state index in [4.69, 9.17) is 5.11 Å². The zero-order chi connectivity index (χ0) is 14.3. The van der Waals surface area contributed by atoms with Crippen LogP contribution in [0.5, 0.6) is 0 Å². The number of hydrogen-bond acceptors (Lipinski definition) is 3. The Morgan fingerprint density at radius 2 is 2.10 bits per heavy atom. The topological polar surface area (TPSA) is 93.6 Å². The molecule has 0 radical (unpaired) electrons. The molecule has 6 heteroatoms. The molecular weight excluding hydrogens is 260 g/mol. The molecule has 0 aliphatic carbocycles. The van der Waals surface area contributed by atoms with E-state index >= 15 is 0 Å². The van der Waals surface area contributed by atoms with Crippen LogP contribution >= 0.6 is 0 Å². The van der Waals surface area contributed by atoms with Crippen molar-refractivity contribution in [2.45, 2.75) is 18.6 Å². The molecule has 2 heterocycles. The van der Waals surface area contributed by atoms with E-state index in [1.165, 1.54) is 4.90 Å². The lowest BCUT2D eigenvalue weighted by molar-refractivity contribution is -0.141. The number of likely N-dealkylation sites (tertiary alicyclic amines) is 1. The van der Waals surface area contributed by atoms with E-state index in [1.54, 1.807) is 24.4 Å². The number of aliphatic hydroxyl groups excluding tert-OH is 1. The molecule has 1 saturated heterocycles. The molecular formula is C14H14N2O4. The van der Waals surface area contributed by atoms with Crippen LogP contribution in [0.15, 0.2) is 30.5 Å². The fourth-order valence-electron chi connectivity index (χ4n) is 2.70. The molecule has 1 fully saturated rings. The van der Waals surface area contributed by atoms with Crippen LogP contribution in [0.25, 0.3) is 10.9 Å². The maximum atomic E-state index is 12.6. The summed E-state index contributed by atoms with van der Waals surface area (Å²) < 4.78 is 0. The van der Waals surface area contributed by atoms with E-state index in [9.17, 15) is 14.7 Å². The average Bonchev–Trinajstić information content (AvgIpc) is 3.03. The Kier molecular flexibility index (Phi) is 2.94. The Hall–Kier alpha value is -2.34. The second-order valence-corrected chi connectivity index (χ2v) is 4.95.